The third-order valence-corrected chi connectivity index (χ3v) is 3.44. The normalized spacial score (nSPS) is 11.3. The topological polar surface area (TPSA) is 67.2 Å². The third kappa shape index (κ3) is 1.20. The molecular formula is C9H4ClN3O2S. The number of nitrogens with zero attached hydrogens (tertiary/aromatic N) is 2. The molecule has 0 bridgehead atoms. The molecule has 80 valence electrons. The summed E-state index contributed by atoms with van der Waals surface area (Å²) in [4.78, 5) is 23.3. The van der Waals surface area contributed by atoms with Crippen LogP contribution in [0.2, 0.25) is 5.02 Å². The number of hydrogen-bond acceptors (Lipinski definition) is 4. The van der Waals surface area contributed by atoms with Crippen molar-refractivity contribution < 1.29 is 0 Å². The third-order valence-electron chi connectivity index (χ3n) is 2.21. The number of rotatable bonds is 0. The van der Waals surface area contributed by atoms with Crippen LogP contribution in [0, 0.1) is 0 Å². The summed E-state index contributed by atoms with van der Waals surface area (Å²) in [7, 11) is 0. The average Bonchev–Trinajstić information content (AvgIpc) is 2.61. The minimum Gasteiger partial charge on any atom is -0.262 e. The molecule has 2 heterocycles. The van der Waals surface area contributed by atoms with Gasteiger partial charge in [-0.25, -0.2) is 9.50 Å². The molecule has 0 atom stereocenters. The maximum absolute atomic E-state index is 11.6. The fourth-order valence-electron chi connectivity index (χ4n) is 1.52. The Labute approximate surface area is 96.9 Å². The van der Waals surface area contributed by atoms with E-state index in [-0.39, 0.29) is 0 Å². The van der Waals surface area contributed by atoms with Gasteiger partial charge in [0, 0.05) is 5.02 Å². The van der Waals surface area contributed by atoms with E-state index in [1.54, 1.807) is 18.2 Å². The molecule has 0 fully saturated rings. The fourth-order valence-corrected chi connectivity index (χ4v) is 2.77. The summed E-state index contributed by atoms with van der Waals surface area (Å²) >= 11 is 7.14. The Hall–Kier alpha value is -1.66. The molecule has 7 heteroatoms. The second-order valence-corrected chi connectivity index (χ2v) is 4.64. The van der Waals surface area contributed by atoms with Crippen molar-refractivity contribution in [2.45, 2.75) is 0 Å². The number of nitrogens with one attached hydrogen (secondary N) is 1. The first-order chi connectivity index (χ1) is 7.66. The van der Waals surface area contributed by atoms with Crippen LogP contribution in [-0.4, -0.2) is 14.6 Å². The zero-order valence-corrected chi connectivity index (χ0v) is 9.30. The van der Waals surface area contributed by atoms with Crippen molar-refractivity contribution in [3.8, 4) is 0 Å². The van der Waals surface area contributed by atoms with Crippen LogP contribution < -0.4 is 11.1 Å². The van der Waals surface area contributed by atoms with E-state index in [1.807, 2.05) is 0 Å². The molecule has 1 N–H and O–H groups in total. The Balaban J connectivity index is 2.68. The quantitative estimate of drug-likeness (QED) is 0.613. The van der Waals surface area contributed by atoms with Gasteiger partial charge >= 0.3 is 11.1 Å². The Morgan fingerprint density at radius 1 is 1.38 bits per heavy atom. The van der Waals surface area contributed by atoms with Gasteiger partial charge in [0.2, 0.25) is 4.96 Å². The van der Waals surface area contributed by atoms with Crippen LogP contribution in [0.15, 0.2) is 27.8 Å². The molecule has 3 rings (SSSR count). The van der Waals surface area contributed by atoms with Crippen LogP contribution in [-0.2, 0) is 0 Å². The molecule has 0 saturated carbocycles. The molecular weight excluding hydrogens is 250 g/mol. The lowest BCUT2D eigenvalue weighted by Gasteiger charge is -1.92. The lowest BCUT2D eigenvalue weighted by Crippen LogP contribution is -2.33. The summed E-state index contributed by atoms with van der Waals surface area (Å²) in [5.41, 5.74) is -0.710. The van der Waals surface area contributed by atoms with E-state index >= 15 is 0 Å². The van der Waals surface area contributed by atoms with Gasteiger partial charge in [-0.1, -0.05) is 22.9 Å². The van der Waals surface area contributed by atoms with Crippen LogP contribution in [0.4, 0.5) is 0 Å². The van der Waals surface area contributed by atoms with Crippen LogP contribution in [0.3, 0.4) is 0 Å². The highest BCUT2D eigenvalue weighted by Gasteiger charge is 2.09. The van der Waals surface area contributed by atoms with Gasteiger partial charge in [-0.2, -0.15) is 0 Å². The molecule has 0 aliphatic carbocycles. The Kier molecular flexibility index (Phi) is 1.89. The van der Waals surface area contributed by atoms with Crippen molar-refractivity contribution in [3.63, 3.8) is 0 Å². The molecule has 16 heavy (non-hydrogen) atoms. The molecule has 1 aromatic carbocycles. The summed E-state index contributed by atoms with van der Waals surface area (Å²) in [6.45, 7) is 0. The van der Waals surface area contributed by atoms with E-state index in [1.165, 1.54) is 15.7 Å². The minimum atomic E-state index is -0.729. The lowest BCUT2D eigenvalue weighted by atomic mass is 10.3. The average molecular weight is 254 g/mol. The number of benzene rings is 1. The Morgan fingerprint density at radius 2 is 2.19 bits per heavy atom. The predicted molar refractivity (Wildman–Crippen MR) is 62.5 cm³/mol. The predicted octanol–water partition coefficient (Wildman–Crippen LogP) is 1.25. The largest absolute Gasteiger partial charge is 0.330 e. The maximum Gasteiger partial charge on any atom is 0.330 e. The SMILES string of the molecule is O=c1[nH]nc2sc3cc(Cl)ccc3n2c1=O. The van der Waals surface area contributed by atoms with Crippen LogP contribution in [0.25, 0.3) is 15.2 Å². The lowest BCUT2D eigenvalue weighted by molar-refractivity contribution is 0.927. The van der Waals surface area contributed by atoms with Crippen LogP contribution >= 0.6 is 22.9 Å². The highest BCUT2D eigenvalue weighted by atomic mass is 35.5. The van der Waals surface area contributed by atoms with Crippen LogP contribution in [0.5, 0.6) is 0 Å². The Morgan fingerprint density at radius 3 is 3.00 bits per heavy atom. The van der Waals surface area contributed by atoms with E-state index in [0.29, 0.717) is 15.5 Å². The summed E-state index contributed by atoms with van der Waals surface area (Å²) in [6.07, 6.45) is 0. The van der Waals surface area contributed by atoms with Crippen molar-refractivity contribution in [1.82, 2.24) is 14.6 Å². The van der Waals surface area contributed by atoms with Crippen molar-refractivity contribution in [2.24, 2.45) is 0 Å². The van der Waals surface area contributed by atoms with E-state index in [2.05, 4.69) is 10.2 Å². The summed E-state index contributed by atoms with van der Waals surface area (Å²) in [5.74, 6) is 0. The van der Waals surface area contributed by atoms with Gasteiger partial charge in [0.15, 0.2) is 0 Å². The molecule has 0 saturated heterocycles. The molecule has 0 spiro atoms. The molecule has 0 aliphatic heterocycles. The maximum atomic E-state index is 11.6. The number of halogens is 1. The molecule has 5 nitrogen and oxygen atoms in total. The first-order valence-corrected chi connectivity index (χ1v) is 5.56. The monoisotopic (exact) mass is 253 g/mol. The zero-order chi connectivity index (χ0) is 11.3. The first kappa shape index (κ1) is 9.56. The number of thiazole rings is 1. The van der Waals surface area contributed by atoms with E-state index in [9.17, 15) is 9.59 Å². The fraction of sp³-hybridized carbons (Fsp3) is 0. The second-order valence-electron chi connectivity index (χ2n) is 3.19. The van der Waals surface area contributed by atoms with Crippen molar-refractivity contribution >= 4 is 38.1 Å². The van der Waals surface area contributed by atoms with Gasteiger partial charge in [0.1, 0.15) is 0 Å². The van der Waals surface area contributed by atoms with E-state index in [4.69, 9.17) is 11.6 Å². The number of aromatic amines is 1. The molecule has 0 radical (unpaired) electrons. The van der Waals surface area contributed by atoms with Gasteiger partial charge in [-0.15, -0.1) is 5.10 Å². The van der Waals surface area contributed by atoms with Gasteiger partial charge in [0.25, 0.3) is 0 Å². The molecule has 0 unspecified atom stereocenters. The van der Waals surface area contributed by atoms with Crippen molar-refractivity contribution in [2.75, 3.05) is 0 Å². The second kappa shape index (κ2) is 3.16. The minimum absolute atomic E-state index is 0.446. The number of aromatic nitrogens is 3. The van der Waals surface area contributed by atoms with Crippen molar-refractivity contribution in [1.29, 1.82) is 0 Å². The first-order valence-electron chi connectivity index (χ1n) is 4.36. The highest BCUT2D eigenvalue weighted by molar-refractivity contribution is 7.23. The van der Waals surface area contributed by atoms with Crippen molar-refractivity contribution in [3.05, 3.63) is 43.9 Å². The van der Waals surface area contributed by atoms with Gasteiger partial charge in [0.05, 0.1) is 10.2 Å². The Bertz CT molecular complexity index is 817. The van der Waals surface area contributed by atoms with Gasteiger partial charge < -0.3 is 0 Å². The summed E-state index contributed by atoms with van der Waals surface area (Å²) in [6, 6.07) is 5.10. The van der Waals surface area contributed by atoms with Gasteiger partial charge in [-0.05, 0) is 18.2 Å². The highest BCUT2D eigenvalue weighted by Crippen LogP contribution is 2.25. The number of hydrogen-bond donors (Lipinski definition) is 1. The number of fused-ring (bicyclic) bond motifs is 3. The van der Waals surface area contributed by atoms with E-state index in [0.717, 1.165) is 4.70 Å². The van der Waals surface area contributed by atoms with Crippen LogP contribution in [0.1, 0.15) is 0 Å². The zero-order valence-electron chi connectivity index (χ0n) is 7.73. The molecule has 0 aliphatic rings. The molecule has 2 aromatic heterocycles. The molecule has 3 aromatic rings. The van der Waals surface area contributed by atoms with Gasteiger partial charge in [-0.3, -0.25) is 9.59 Å². The number of H-pyrrole nitrogens is 1. The van der Waals surface area contributed by atoms with E-state index < -0.39 is 11.1 Å². The molecule has 0 amide bonds. The summed E-state index contributed by atoms with van der Waals surface area (Å²) in [5, 5.41) is 6.55. The summed E-state index contributed by atoms with van der Waals surface area (Å²) < 4.78 is 2.10. The standard InChI is InChI=1S/C9H4ClN3O2S/c10-4-1-2-5-6(3-4)16-9-12-11-7(14)8(15)13(5)9/h1-3H,(H,11,14). The smallest absolute Gasteiger partial charge is 0.262 e.